The first-order valence-electron chi connectivity index (χ1n) is 9.59. The minimum atomic E-state index is 0.432. The number of benzene rings is 2. The monoisotopic (exact) mass is 347 g/mol. The number of hydrogen-bond donors (Lipinski definition) is 0. The number of nitrogens with zero attached hydrogens (tertiary/aromatic N) is 1. The zero-order valence-electron chi connectivity index (χ0n) is 15.8. The van der Waals surface area contributed by atoms with E-state index in [-0.39, 0.29) is 0 Å². The number of aromatic nitrogens is 1. The number of pyridine rings is 1. The molecule has 3 aromatic rings. The number of ether oxygens (including phenoxy) is 2. The molecule has 3 nitrogen and oxygen atoms in total. The Morgan fingerprint density at radius 2 is 1.81 bits per heavy atom. The molecule has 2 atom stereocenters. The standard InChI is InChI=1S/C23H25NO2/c1-23-8-4-6-14(23)10-16-18-12-21(26-3)20(25-2)11-17(18)15-7-5-9-24-22(15)19(16)13-23/h5,7,9,11-12,14H,4,6,8,10,13H2,1-3H3. The molecule has 1 fully saturated rings. The van der Waals surface area contributed by atoms with E-state index in [9.17, 15) is 0 Å². The van der Waals surface area contributed by atoms with E-state index in [1.165, 1.54) is 52.1 Å². The van der Waals surface area contributed by atoms with Gasteiger partial charge in [0.25, 0.3) is 0 Å². The van der Waals surface area contributed by atoms with Crippen LogP contribution >= 0.6 is 0 Å². The lowest BCUT2D eigenvalue weighted by molar-refractivity contribution is 0.211. The van der Waals surface area contributed by atoms with Crippen LogP contribution in [0.25, 0.3) is 21.7 Å². The molecule has 134 valence electrons. The molecule has 0 N–H and O–H groups in total. The first kappa shape index (κ1) is 15.9. The maximum atomic E-state index is 5.61. The van der Waals surface area contributed by atoms with Crippen molar-refractivity contribution in [3.8, 4) is 11.5 Å². The molecule has 2 aliphatic rings. The molecule has 0 radical (unpaired) electrons. The summed E-state index contributed by atoms with van der Waals surface area (Å²) in [7, 11) is 3.42. The second kappa shape index (κ2) is 5.60. The third-order valence-corrected chi connectivity index (χ3v) is 6.91. The molecule has 1 aromatic heterocycles. The Kier molecular flexibility index (Phi) is 3.43. The van der Waals surface area contributed by atoms with Gasteiger partial charge in [-0.05, 0) is 77.1 Å². The molecule has 5 rings (SSSR count). The first-order valence-corrected chi connectivity index (χ1v) is 9.59. The molecule has 1 heterocycles. The highest BCUT2D eigenvalue weighted by Gasteiger charge is 2.43. The van der Waals surface area contributed by atoms with Crippen LogP contribution < -0.4 is 9.47 Å². The predicted molar refractivity (Wildman–Crippen MR) is 105 cm³/mol. The van der Waals surface area contributed by atoms with Crippen LogP contribution in [0.4, 0.5) is 0 Å². The number of rotatable bonds is 2. The number of methoxy groups -OCH3 is 2. The Morgan fingerprint density at radius 3 is 2.58 bits per heavy atom. The van der Waals surface area contributed by atoms with E-state index >= 15 is 0 Å². The maximum Gasteiger partial charge on any atom is 0.161 e. The van der Waals surface area contributed by atoms with Crippen molar-refractivity contribution < 1.29 is 9.47 Å². The second-order valence-electron chi connectivity index (χ2n) is 8.23. The van der Waals surface area contributed by atoms with Gasteiger partial charge < -0.3 is 9.47 Å². The van der Waals surface area contributed by atoms with Crippen molar-refractivity contribution in [2.75, 3.05) is 14.2 Å². The van der Waals surface area contributed by atoms with Crippen LogP contribution in [-0.4, -0.2) is 19.2 Å². The molecule has 0 saturated heterocycles. The molecular weight excluding hydrogens is 322 g/mol. The van der Waals surface area contributed by atoms with E-state index in [0.29, 0.717) is 5.41 Å². The fraction of sp³-hybridized carbons (Fsp3) is 0.435. The van der Waals surface area contributed by atoms with E-state index < -0.39 is 0 Å². The topological polar surface area (TPSA) is 31.4 Å². The molecule has 1 saturated carbocycles. The average molecular weight is 347 g/mol. The molecular formula is C23H25NO2. The Hall–Kier alpha value is -2.29. The molecule has 2 aromatic carbocycles. The van der Waals surface area contributed by atoms with Gasteiger partial charge in [-0.3, -0.25) is 4.98 Å². The van der Waals surface area contributed by atoms with Crippen LogP contribution in [0.3, 0.4) is 0 Å². The van der Waals surface area contributed by atoms with Crippen molar-refractivity contribution in [3.05, 3.63) is 41.6 Å². The van der Waals surface area contributed by atoms with Gasteiger partial charge in [0.2, 0.25) is 0 Å². The van der Waals surface area contributed by atoms with Gasteiger partial charge in [0.1, 0.15) is 0 Å². The molecule has 0 bridgehead atoms. The van der Waals surface area contributed by atoms with E-state index in [1.54, 1.807) is 14.2 Å². The fourth-order valence-electron chi connectivity index (χ4n) is 5.48. The van der Waals surface area contributed by atoms with Gasteiger partial charge in [0, 0.05) is 11.6 Å². The zero-order valence-corrected chi connectivity index (χ0v) is 15.8. The van der Waals surface area contributed by atoms with E-state index in [1.807, 2.05) is 12.3 Å². The molecule has 2 unspecified atom stereocenters. The van der Waals surface area contributed by atoms with Crippen molar-refractivity contribution in [1.29, 1.82) is 0 Å². The maximum absolute atomic E-state index is 5.61. The minimum absolute atomic E-state index is 0.432. The SMILES string of the molecule is COc1cc2c3c(c4ncccc4c2cc1OC)CC1(C)CCCC1C3. The summed E-state index contributed by atoms with van der Waals surface area (Å²) in [5.41, 5.74) is 4.55. The molecule has 0 spiro atoms. The van der Waals surface area contributed by atoms with Crippen LogP contribution in [0.1, 0.15) is 37.3 Å². The molecule has 0 aliphatic heterocycles. The van der Waals surface area contributed by atoms with E-state index in [0.717, 1.165) is 30.3 Å². The summed E-state index contributed by atoms with van der Waals surface area (Å²) >= 11 is 0. The lowest BCUT2D eigenvalue weighted by Crippen LogP contribution is -2.31. The first-order chi connectivity index (χ1) is 12.6. The Balaban J connectivity index is 1.89. The molecule has 0 amide bonds. The van der Waals surface area contributed by atoms with Crippen molar-refractivity contribution in [3.63, 3.8) is 0 Å². The van der Waals surface area contributed by atoms with E-state index in [2.05, 4.69) is 25.1 Å². The number of hydrogen-bond acceptors (Lipinski definition) is 3. The predicted octanol–water partition coefficient (Wildman–Crippen LogP) is 5.31. The van der Waals surface area contributed by atoms with Crippen LogP contribution in [0.15, 0.2) is 30.5 Å². The van der Waals surface area contributed by atoms with Crippen molar-refractivity contribution in [2.45, 2.75) is 39.0 Å². The highest BCUT2D eigenvalue weighted by Crippen LogP contribution is 2.53. The zero-order chi connectivity index (χ0) is 17.9. The number of fused-ring (bicyclic) bond motifs is 7. The quantitative estimate of drug-likeness (QED) is 0.589. The fourth-order valence-corrected chi connectivity index (χ4v) is 5.48. The lowest BCUT2D eigenvalue weighted by Gasteiger charge is -2.38. The highest BCUT2D eigenvalue weighted by molar-refractivity contribution is 6.10. The molecule has 26 heavy (non-hydrogen) atoms. The van der Waals surface area contributed by atoms with Crippen LogP contribution in [0, 0.1) is 11.3 Å². The van der Waals surface area contributed by atoms with Gasteiger partial charge in [-0.25, -0.2) is 0 Å². The van der Waals surface area contributed by atoms with Gasteiger partial charge in [-0.1, -0.05) is 19.4 Å². The summed E-state index contributed by atoms with van der Waals surface area (Å²) in [6.07, 6.45) is 8.28. The van der Waals surface area contributed by atoms with Gasteiger partial charge in [-0.15, -0.1) is 0 Å². The van der Waals surface area contributed by atoms with Crippen molar-refractivity contribution >= 4 is 21.7 Å². The lowest BCUT2D eigenvalue weighted by atomic mass is 9.66. The van der Waals surface area contributed by atoms with Gasteiger partial charge in [0.05, 0.1) is 19.7 Å². The average Bonchev–Trinajstić information content (AvgIpc) is 3.06. The van der Waals surface area contributed by atoms with Crippen LogP contribution in [0.5, 0.6) is 11.5 Å². The summed E-state index contributed by atoms with van der Waals surface area (Å²) in [4.78, 5) is 4.82. The second-order valence-corrected chi connectivity index (χ2v) is 8.23. The molecule has 2 aliphatic carbocycles. The summed E-state index contributed by atoms with van der Waals surface area (Å²) in [6.45, 7) is 2.49. The van der Waals surface area contributed by atoms with Crippen molar-refractivity contribution in [1.82, 2.24) is 4.98 Å². The Labute approximate surface area is 154 Å². The summed E-state index contributed by atoms with van der Waals surface area (Å²) < 4.78 is 11.2. The van der Waals surface area contributed by atoms with Crippen LogP contribution in [0.2, 0.25) is 0 Å². The summed E-state index contributed by atoms with van der Waals surface area (Å²) in [6, 6.07) is 8.53. The van der Waals surface area contributed by atoms with Gasteiger partial charge in [0.15, 0.2) is 11.5 Å². The largest absolute Gasteiger partial charge is 0.493 e. The van der Waals surface area contributed by atoms with Gasteiger partial charge in [-0.2, -0.15) is 0 Å². The molecule has 3 heteroatoms. The van der Waals surface area contributed by atoms with Gasteiger partial charge >= 0.3 is 0 Å². The Morgan fingerprint density at radius 1 is 1.04 bits per heavy atom. The summed E-state index contributed by atoms with van der Waals surface area (Å²) in [5.74, 6) is 2.38. The highest BCUT2D eigenvalue weighted by atomic mass is 16.5. The summed E-state index contributed by atoms with van der Waals surface area (Å²) in [5, 5.41) is 3.76. The van der Waals surface area contributed by atoms with E-state index in [4.69, 9.17) is 14.5 Å². The minimum Gasteiger partial charge on any atom is -0.493 e. The van der Waals surface area contributed by atoms with Crippen LogP contribution in [-0.2, 0) is 12.8 Å². The third kappa shape index (κ3) is 2.09. The van der Waals surface area contributed by atoms with Crippen molar-refractivity contribution in [2.24, 2.45) is 11.3 Å². The Bertz CT molecular complexity index is 1030. The third-order valence-electron chi connectivity index (χ3n) is 6.91. The smallest absolute Gasteiger partial charge is 0.161 e. The normalized spacial score (nSPS) is 24.5.